The Morgan fingerprint density at radius 2 is 1.95 bits per heavy atom. The second kappa shape index (κ2) is 7.05. The van der Waals surface area contributed by atoms with Crippen molar-refractivity contribution in [2.24, 2.45) is 0 Å². The number of amides is 1. The van der Waals surface area contributed by atoms with Crippen LogP contribution in [-0.2, 0) is 4.79 Å². The highest BCUT2D eigenvalue weighted by Gasteiger charge is 2.20. The summed E-state index contributed by atoms with van der Waals surface area (Å²) < 4.78 is 0. The Hall–Kier alpha value is -1.39. The zero-order valence-electron chi connectivity index (χ0n) is 13.6. The summed E-state index contributed by atoms with van der Waals surface area (Å²) in [7, 11) is 1.99. The van der Waals surface area contributed by atoms with E-state index in [4.69, 9.17) is 0 Å². The second-order valence-electron chi connectivity index (χ2n) is 6.18. The summed E-state index contributed by atoms with van der Waals surface area (Å²) in [5, 5.41) is 6.39. The SMILES string of the molecule is CNC1CCCN(CC(=O)Nc2c(C)cc(C)cc2C)C1. The van der Waals surface area contributed by atoms with Crippen molar-refractivity contribution in [2.75, 3.05) is 32.0 Å². The highest BCUT2D eigenvalue weighted by Crippen LogP contribution is 2.22. The molecular formula is C17H27N3O. The molecule has 1 heterocycles. The van der Waals surface area contributed by atoms with Crippen molar-refractivity contribution in [3.8, 4) is 0 Å². The summed E-state index contributed by atoms with van der Waals surface area (Å²) in [4.78, 5) is 14.5. The van der Waals surface area contributed by atoms with Crippen LogP contribution in [-0.4, -0.2) is 43.5 Å². The van der Waals surface area contributed by atoms with E-state index in [1.165, 1.54) is 12.0 Å². The van der Waals surface area contributed by atoms with Gasteiger partial charge in [-0.2, -0.15) is 0 Å². The minimum Gasteiger partial charge on any atom is -0.324 e. The Morgan fingerprint density at radius 3 is 2.57 bits per heavy atom. The van der Waals surface area contributed by atoms with E-state index in [2.05, 4.69) is 34.6 Å². The molecule has 1 atom stereocenters. The van der Waals surface area contributed by atoms with Crippen LogP contribution >= 0.6 is 0 Å². The molecular weight excluding hydrogens is 262 g/mol. The molecule has 2 N–H and O–H groups in total. The molecule has 0 radical (unpaired) electrons. The van der Waals surface area contributed by atoms with Crippen molar-refractivity contribution in [3.05, 3.63) is 28.8 Å². The molecule has 1 amide bonds. The van der Waals surface area contributed by atoms with Crippen LogP contribution < -0.4 is 10.6 Å². The van der Waals surface area contributed by atoms with Gasteiger partial charge in [-0.1, -0.05) is 17.7 Å². The van der Waals surface area contributed by atoms with Crippen LogP contribution in [0.2, 0.25) is 0 Å². The highest BCUT2D eigenvalue weighted by molar-refractivity contribution is 5.93. The quantitative estimate of drug-likeness (QED) is 0.893. The first-order valence-electron chi connectivity index (χ1n) is 7.77. The molecule has 1 aromatic carbocycles. The van der Waals surface area contributed by atoms with Crippen LogP contribution in [0.3, 0.4) is 0 Å². The Balaban J connectivity index is 1.96. The maximum absolute atomic E-state index is 12.3. The Bertz CT molecular complexity index is 490. The summed E-state index contributed by atoms with van der Waals surface area (Å²) in [5.41, 5.74) is 4.46. The van der Waals surface area contributed by atoms with E-state index < -0.39 is 0 Å². The average molecular weight is 289 g/mol. The van der Waals surface area contributed by atoms with Crippen molar-refractivity contribution in [1.82, 2.24) is 10.2 Å². The van der Waals surface area contributed by atoms with Gasteiger partial charge in [-0.25, -0.2) is 0 Å². The third kappa shape index (κ3) is 4.29. The molecule has 0 spiro atoms. The summed E-state index contributed by atoms with van der Waals surface area (Å²) in [6.07, 6.45) is 2.35. The second-order valence-corrected chi connectivity index (χ2v) is 6.18. The number of hydrogen-bond donors (Lipinski definition) is 2. The zero-order chi connectivity index (χ0) is 15.4. The van der Waals surface area contributed by atoms with Gasteiger partial charge in [0.15, 0.2) is 0 Å². The first-order valence-corrected chi connectivity index (χ1v) is 7.77. The van der Waals surface area contributed by atoms with Crippen LogP contribution in [0.4, 0.5) is 5.69 Å². The normalized spacial score (nSPS) is 19.5. The predicted molar refractivity (Wildman–Crippen MR) is 87.8 cm³/mol. The summed E-state index contributed by atoms with van der Waals surface area (Å²) in [6, 6.07) is 4.73. The van der Waals surface area contributed by atoms with E-state index in [-0.39, 0.29) is 5.91 Å². The average Bonchev–Trinajstić information content (AvgIpc) is 2.43. The predicted octanol–water partition coefficient (Wildman–Crippen LogP) is 2.23. The van der Waals surface area contributed by atoms with E-state index >= 15 is 0 Å². The van der Waals surface area contributed by atoms with Crippen LogP contribution in [0.15, 0.2) is 12.1 Å². The van der Waals surface area contributed by atoms with Crippen molar-refractivity contribution < 1.29 is 4.79 Å². The fourth-order valence-corrected chi connectivity index (χ4v) is 3.19. The van der Waals surface area contributed by atoms with Crippen molar-refractivity contribution in [2.45, 2.75) is 39.7 Å². The molecule has 4 heteroatoms. The van der Waals surface area contributed by atoms with Gasteiger partial charge in [-0.15, -0.1) is 0 Å². The molecule has 116 valence electrons. The number of aryl methyl sites for hydroxylation is 3. The monoisotopic (exact) mass is 289 g/mol. The van der Waals surface area contributed by atoms with Gasteiger partial charge in [0.1, 0.15) is 0 Å². The number of carbonyl (C=O) groups is 1. The van der Waals surface area contributed by atoms with Crippen LogP contribution in [0, 0.1) is 20.8 Å². The number of carbonyl (C=O) groups excluding carboxylic acids is 1. The number of anilines is 1. The topological polar surface area (TPSA) is 44.4 Å². The maximum atomic E-state index is 12.3. The Labute approximate surface area is 127 Å². The van der Waals surface area contributed by atoms with Gasteiger partial charge >= 0.3 is 0 Å². The molecule has 1 unspecified atom stereocenters. The van der Waals surface area contributed by atoms with Gasteiger partial charge in [0.2, 0.25) is 5.91 Å². The van der Waals surface area contributed by atoms with E-state index in [1.807, 2.05) is 20.9 Å². The molecule has 0 aliphatic carbocycles. The van der Waals surface area contributed by atoms with E-state index in [9.17, 15) is 4.79 Å². The zero-order valence-corrected chi connectivity index (χ0v) is 13.6. The summed E-state index contributed by atoms with van der Waals surface area (Å²) in [6.45, 7) is 8.62. The van der Waals surface area contributed by atoms with Gasteiger partial charge < -0.3 is 10.6 Å². The third-order valence-corrected chi connectivity index (χ3v) is 4.22. The van der Waals surface area contributed by atoms with Gasteiger partial charge in [-0.05, 0) is 58.3 Å². The standard InChI is InChI=1S/C17H27N3O/c1-12-8-13(2)17(14(3)9-12)19-16(21)11-20-7-5-6-15(10-20)18-4/h8-9,15,18H,5-7,10-11H2,1-4H3,(H,19,21). The number of hydrogen-bond acceptors (Lipinski definition) is 3. The largest absolute Gasteiger partial charge is 0.324 e. The fourth-order valence-electron chi connectivity index (χ4n) is 3.19. The van der Waals surface area contributed by atoms with E-state index in [0.29, 0.717) is 12.6 Å². The van der Waals surface area contributed by atoms with E-state index in [0.717, 1.165) is 36.3 Å². The van der Waals surface area contributed by atoms with E-state index in [1.54, 1.807) is 0 Å². The van der Waals surface area contributed by atoms with Crippen molar-refractivity contribution in [3.63, 3.8) is 0 Å². The number of benzene rings is 1. The lowest BCUT2D eigenvalue weighted by atomic mass is 10.0. The molecule has 0 aromatic heterocycles. The number of nitrogens with one attached hydrogen (secondary N) is 2. The van der Waals surface area contributed by atoms with Crippen molar-refractivity contribution in [1.29, 1.82) is 0 Å². The fraction of sp³-hybridized carbons (Fsp3) is 0.588. The number of likely N-dealkylation sites (tertiary alicyclic amines) is 1. The highest BCUT2D eigenvalue weighted by atomic mass is 16.2. The Kier molecular flexibility index (Phi) is 5.37. The molecule has 0 bridgehead atoms. The lowest BCUT2D eigenvalue weighted by Crippen LogP contribution is -2.46. The smallest absolute Gasteiger partial charge is 0.238 e. The van der Waals surface area contributed by atoms with Crippen LogP contribution in [0.5, 0.6) is 0 Å². The van der Waals surface area contributed by atoms with Crippen LogP contribution in [0.1, 0.15) is 29.5 Å². The summed E-state index contributed by atoms with van der Waals surface area (Å²) >= 11 is 0. The lowest BCUT2D eigenvalue weighted by Gasteiger charge is -2.32. The number of piperidine rings is 1. The first kappa shape index (κ1) is 16.0. The minimum atomic E-state index is 0.0850. The molecule has 1 fully saturated rings. The molecule has 4 nitrogen and oxygen atoms in total. The first-order chi connectivity index (χ1) is 9.99. The number of nitrogens with zero attached hydrogens (tertiary/aromatic N) is 1. The summed E-state index contributed by atoms with van der Waals surface area (Å²) in [5.74, 6) is 0.0850. The van der Waals surface area contributed by atoms with Crippen LogP contribution in [0.25, 0.3) is 0 Å². The molecule has 1 aliphatic heterocycles. The van der Waals surface area contributed by atoms with Gasteiger partial charge in [0.25, 0.3) is 0 Å². The molecule has 21 heavy (non-hydrogen) atoms. The number of rotatable bonds is 4. The number of likely N-dealkylation sites (N-methyl/N-ethyl adjacent to an activating group) is 1. The lowest BCUT2D eigenvalue weighted by molar-refractivity contribution is -0.117. The molecule has 1 aromatic rings. The minimum absolute atomic E-state index is 0.0850. The molecule has 1 aliphatic rings. The van der Waals surface area contributed by atoms with Gasteiger partial charge in [0.05, 0.1) is 6.54 Å². The molecule has 2 rings (SSSR count). The van der Waals surface area contributed by atoms with Crippen molar-refractivity contribution >= 4 is 11.6 Å². The maximum Gasteiger partial charge on any atom is 0.238 e. The third-order valence-electron chi connectivity index (χ3n) is 4.22. The van der Waals surface area contributed by atoms with Gasteiger partial charge in [0, 0.05) is 18.3 Å². The molecule has 0 saturated carbocycles. The van der Waals surface area contributed by atoms with Gasteiger partial charge in [-0.3, -0.25) is 9.69 Å². The Morgan fingerprint density at radius 1 is 1.29 bits per heavy atom. The molecule has 1 saturated heterocycles.